The molecule has 51 heavy (non-hydrogen) atoms. The van der Waals surface area contributed by atoms with Crippen LogP contribution < -0.4 is 4.74 Å². The first-order valence-corrected chi connectivity index (χ1v) is 19.1. The first-order chi connectivity index (χ1) is 24.0. The number of rotatable bonds is 12. The Morgan fingerprint density at radius 2 is 1.61 bits per heavy atom. The summed E-state index contributed by atoms with van der Waals surface area (Å²) in [4.78, 5) is 14.5. The molecule has 0 amide bonds. The Hall–Kier alpha value is -3.71. The average Bonchev–Trinajstić information content (AvgIpc) is 3.04. The van der Waals surface area contributed by atoms with Crippen LogP contribution in [-0.2, 0) is 17.6 Å². The molecule has 0 spiro atoms. The third-order valence-electron chi connectivity index (χ3n) is 12.1. The van der Waals surface area contributed by atoms with Crippen molar-refractivity contribution in [1.29, 1.82) is 0 Å². The van der Waals surface area contributed by atoms with Gasteiger partial charge in [-0.15, -0.1) is 0 Å². The average molecular weight is 701 g/mol. The number of allylic oxidation sites excluding steroid dienone is 3. The molecule has 0 aromatic heterocycles. The number of aryl methyl sites for hydroxylation is 2. The first-order valence-electron chi connectivity index (χ1n) is 19.1. The van der Waals surface area contributed by atoms with Crippen LogP contribution in [0.4, 0.5) is 0 Å². The Morgan fingerprint density at radius 3 is 2.25 bits per heavy atom. The number of aliphatic hydroxyl groups excluding tert-OH is 1. The van der Waals surface area contributed by atoms with Crippen molar-refractivity contribution in [3.63, 3.8) is 0 Å². The molecule has 5 rings (SSSR count). The number of unbranched alkanes of at least 4 members (excludes halogenated alkanes) is 4. The van der Waals surface area contributed by atoms with Gasteiger partial charge in [-0.25, -0.2) is 4.79 Å². The van der Waals surface area contributed by atoms with Crippen molar-refractivity contribution in [3.05, 3.63) is 75.4 Å². The van der Waals surface area contributed by atoms with E-state index in [1.54, 1.807) is 19.1 Å². The molecule has 7 nitrogen and oxygen atoms in total. The first kappa shape index (κ1) is 38.5. The summed E-state index contributed by atoms with van der Waals surface area (Å²) in [6.45, 7) is 20.3. The summed E-state index contributed by atoms with van der Waals surface area (Å²) in [6.07, 6.45) is 10.4. The fourth-order valence-corrected chi connectivity index (χ4v) is 8.53. The number of fused-ring (bicyclic) bond motifs is 2. The van der Waals surface area contributed by atoms with E-state index in [4.69, 9.17) is 9.47 Å². The molecular formula is C44H60O7. The number of ether oxygens (including phenoxy) is 2. The number of carbonyl (C=O) groups is 1. The lowest BCUT2D eigenvalue weighted by atomic mass is 9.62. The second-order valence-corrected chi connectivity index (χ2v) is 16.4. The van der Waals surface area contributed by atoms with Gasteiger partial charge in [-0.3, -0.25) is 0 Å². The Bertz CT molecular complexity index is 1750. The van der Waals surface area contributed by atoms with E-state index in [9.17, 15) is 25.2 Å². The zero-order valence-electron chi connectivity index (χ0n) is 32.2. The Balaban J connectivity index is 1.57. The minimum Gasteiger partial charge on any atom is -0.507 e. The van der Waals surface area contributed by atoms with Gasteiger partial charge in [0.15, 0.2) is 0 Å². The fourth-order valence-electron chi connectivity index (χ4n) is 8.53. The van der Waals surface area contributed by atoms with Crippen molar-refractivity contribution in [2.75, 3.05) is 0 Å². The number of aromatic hydroxyl groups is 3. The minimum absolute atomic E-state index is 0.0278. The van der Waals surface area contributed by atoms with Crippen molar-refractivity contribution in [2.45, 2.75) is 156 Å². The molecule has 1 aliphatic heterocycles. The van der Waals surface area contributed by atoms with Crippen molar-refractivity contribution >= 4 is 11.5 Å². The van der Waals surface area contributed by atoms with Gasteiger partial charge in [0, 0.05) is 17.1 Å². The Labute approximate surface area is 305 Å². The summed E-state index contributed by atoms with van der Waals surface area (Å²) >= 11 is 0. The third kappa shape index (κ3) is 7.20. The van der Waals surface area contributed by atoms with Crippen LogP contribution in [0.2, 0.25) is 0 Å². The van der Waals surface area contributed by atoms with Gasteiger partial charge in [0.2, 0.25) is 0 Å². The molecule has 0 fully saturated rings. The maximum absolute atomic E-state index is 14.5. The normalized spacial score (nSPS) is 25.4. The van der Waals surface area contributed by atoms with Crippen molar-refractivity contribution in [1.82, 2.24) is 0 Å². The van der Waals surface area contributed by atoms with Crippen LogP contribution in [-0.4, -0.2) is 43.7 Å². The molecule has 2 aliphatic carbocycles. The minimum atomic E-state index is -1.38. The molecule has 2 aromatic rings. The molecule has 278 valence electrons. The van der Waals surface area contributed by atoms with Crippen LogP contribution in [0.25, 0.3) is 5.57 Å². The third-order valence-corrected chi connectivity index (χ3v) is 12.1. The fraction of sp³-hybridized carbons (Fsp3) is 0.568. The van der Waals surface area contributed by atoms with E-state index in [2.05, 4.69) is 33.4 Å². The smallest absolute Gasteiger partial charge is 0.342 e. The molecule has 0 radical (unpaired) electrons. The molecule has 4 atom stereocenters. The van der Waals surface area contributed by atoms with E-state index >= 15 is 0 Å². The van der Waals surface area contributed by atoms with E-state index in [0.29, 0.717) is 47.3 Å². The largest absolute Gasteiger partial charge is 0.507 e. The van der Waals surface area contributed by atoms with Gasteiger partial charge >= 0.3 is 5.97 Å². The van der Waals surface area contributed by atoms with Crippen molar-refractivity contribution < 1.29 is 34.7 Å². The maximum atomic E-state index is 14.5. The van der Waals surface area contributed by atoms with Gasteiger partial charge in [-0.1, -0.05) is 70.3 Å². The molecular weight excluding hydrogens is 640 g/mol. The number of hydrogen-bond acceptors (Lipinski definition) is 7. The maximum Gasteiger partial charge on any atom is 0.342 e. The highest BCUT2D eigenvalue weighted by atomic mass is 16.6. The van der Waals surface area contributed by atoms with E-state index in [1.165, 1.54) is 0 Å². The highest BCUT2D eigenvalue weighted by Gasteiger charge is 2.51. The van der Waals surface area contributed by atoms with E-state index < -0.39 is 34.6 Å². The number of carbonyl (C=O) groups excluding carboxylic acids is 1. The monoisotopic (exact) mass is 700 g/mol. The zero-order chi connectivity index (χ0) is 37.5. The molecule has 1 heterocycles. The molecule has 0 saturated heterocycles. The van der Waals surface area contributed by atoms with E-state index in [0.717, 1.165) is 80.1 Å². The van der Waals surface area contributed by atoms with Gasteiger partial charge in [-0.2, -0.15) is 0 Å². The number of benzene rings is 2. The van der Waals surface area contributed by atoms with Gasteiger partial charge in [0.1, 0.15) is 45.9 Å². The Kier molecular flexibility index (Phi) is 11.1. The van der Waals surface area contributed by atoms with Crippen LogP contribution in [0.3, 0.4) is 0 Å². The molecule has 3 aliphatic rings. The summed E-state index contributed by atoms with van der Waals surface area (Å²) < 4.78 is 12.8. The Morgan fingerprint density at radius 1 is 0.941 bits per heavy atom. The number of hydrogen-bond donors (Lipinski definition) is 4. The molecule has 0 bridgehead atoms. The van der Waals surface area contributed by atoms with Gasteiger partial charge < -0.3 is 29.9 Å². The van der Waals surface area contributed by atoms with Gasteiger partial charge in [0.05, 0.1) is 5.56 Å². The van der Waals surface area contributed by atoms with Crippen LogP contribution in [0, 0.1) is 5.41 Å². The lowest BCUT2D eigenvalue weighted by Crippen LogP contribution is -2.50. The lowest BCUT2D eigenvalue weighted by molar-refractivity contribution is -0.0694. The molecule has 2 unspecified atom stereocenters. The summed E-state index contributed by atoms with van der Waals surface area (Å²) in [5.74, 6) is -0.944. The van der Waals surface area contributed by atoms with Crippen LogP contribution in [0.1, 0.15) is 158 Å². The van der Waals surface area contributed by atoms with Crippen molar-refractivity contribution in [3.8, 4) is 23.0 Å². The highest BCUT2D eigenvalue weighted by Crippen LogP contribution is 2.56. The SMILES string of the molecule is C=C(C)[C@]1(C)CCC(C)=C[C@H]1c1c(O)cc(CCCCC)c(C(=O)OC2(C)CCC3=C(c4c(O)cc(CCCCC)cc4OC3(C)C)C2O)c1O. The number of aliphatic hydroxyl groups is 1. The lowest BCUT2D eigenvalue weighted by Gasteiger charge is -2.47. The molecule has 0 saturated carbocycles. The summed E-state index contributed by atoms with van der Waals surface area (Å²) in [5, 5.41) is 47.2. The molecule has 2 aromatic carbocycles. The quantitative estimate of drug-likeness (QED) is 0.0989. The van der Waals surface area contributed by atoms with Crippen LogP contribution in [0.15, 0.2) is 47.6 Å². The van der Waals surface area contributed by atoms with Crippen molar-refractivity contribution in [2.24, 2.45) is 5.41 Å². The second-order valence-electron chi connectivity index (χ2n) is 16.4. The molecule has 4 N–H and O–H groups in total. The summed E-state index contributed by atoms with van der Waals surface area (Å²) in [6, 6.07) is 5.33. The number of esters is 1. The van der Waals surface area contributed by atoms with Gasteiger partial charge in [-0.05, 0) is 126 Å². The number of phenolic OH excluding ortho intramolecular Hbond substituents is 3. The van der Waals surface area contributed by atoms with E-state index in [-0.39, 0.29) is 22.8 Å². The highest BCUT2D eigenvalue weighted by molar-refractivity contribution is 5.96. The zero-order valence-corrected chi connectivity index (χ0v) is 32.2. The second kappa shape index (κ2) is 14.7. The van der Waals surface area contributed by atoms with Crippen LogP contribution >= 0.6 is 0 Å². The molecule has 7 heteroatoms. The summed E-state index contributed by atoms with van der Waals surface area (Å²) in [7, 11) is 0. The summed E-state index contributed by atoms with van der Waals surface area (Å²) in [5.41, 5.74) is 3.13. The predicted octanol–water partition coefficient (Wildman–Crippen LogP) is 10.4. The number of phenols is 3. The standard InChI is InChI=1S/C44H60O7/c1-10-12-14-16-28-23-32(45)38-34(24-28)50-42(6,7)30-19-21-44(9,40(48)37(30)38)51-41(49)35-29(17-15-13-11-2)25-33(46)36(39(35)47)31-22-27(5)18-20-43(31,8)26(3)4/h22-25,31,40,45-48H,3,10-21H2,1-2,4-9H3/t31-,40?,43-,44?/m0/s1. The predicted molar refractivity (Wildman–Crippen MR) is 204 cm³/mol. The topological polar surface area (TPSA) is 116 Å². The van der Waals surface area contributed by atoms with Crippen LogP contribution in [0.5, 0.6) is 23.0 Å². The van der Waals surface area contributed by atoms with Gasteiger partial charge in [0.25, 0.3) is 0 Å². The van der Waals surface area contributed by atoms with E-state index in [1.807, 2.05) is 33.8 Å².